The first-order valence-electron chi connectivity index (χ1n) is 7.24. The number of thiophene rings is 1. The van der Waals surface area contributed by atoms with Crippen LogP contribution in [-0.4, -0.2) is 30.5 Å². The molecule has 0 aliphatic rings. The lowest BCUT2D eigenvalue weighted by Crippen LogP contribution is -2.26. The fourth-order valence-corrected chi connectivity index (χ4v) is 3.49. The predicted octanol–water partition coefficient (Wildman–Crippen LogP) is 4.29. The van der Waals surface area contributed by atoms with Crippen LogP contribution in [0.5, 0.6) is 0 Å². The van der Waals surface area contributed by atoms with Gasteiger partial charge in [-0.1, -0.05) is 6.07 Å². The van der Waals surface area contributed by atoms with E-state index in [2.05, 4.69) is 21.3 Å². The van der Waals surface area contributed by atoms with E-state index in [1.165, 1.54) is 11.1 Å². The quantitative estimate of drug-likeness (QED) is 0.755. The number of likely N-dealkylation sites (N-methyl/N-ethyl adjacent to an activating group) is 1. The molecular weight excluding hydrogens is 316 g/mol. The average molecular weight is 333 g/mol. The van der Waals surface area contributed by atoms with E-state index >= 15 is 0 Å². The number of hydrogen-bond acceptors (Lipinski definition) is 4. The van der Waals surface area contributed by atoms with Crippen molar-refractivity contribution < 1.29 is 8.78 Å². The van der Waals surface area contributed by atoms with Crippen LogP contribution >= 0.6 is 11.3 Å². The third-order valence-electron chi connectivity index (χ3n) is 3.77. The van der Waals surface area contributed by atoms with Crippen LogP contribution in [0, 0.1) is 11.6 Å². The summed E-state index contributed by atoms with van der Waals surface area (Å²) < 4.78 is 28.0. The molecule has 3 nitrogen and oxygen atoms in total. The van der Waals surface area contributed by atoms with E-state index < -0.39 is 11.6 Å². The van der Waals surface area contributed by atoms with Crippen LogP contribution in [0.2, 0.25) is 0 Å². The van der Waals surface area contributed by atoms with Crippen molar-refractivity contribution in [2.75, 3.05) is 26.0 Å². The van der Waals surface area contributed by atoms with Gasteiger partial charge in [0.1, 0.15) is 17.2 Å². The highest BCUT2D eigenvalue weighted by atomic mass is 32.1. The zero-order valence-corrected chi connectivity index (χ0v) is 13.7. The molecule has 6 heteroatoms. The number of aromatic nitrogens is 1. The van der Waals surface area contributed by atoms with Crippen molar-refractivity contribution in [2.45, 2.75) is 6.04 Å². The molecule has 0 aliphatic carbocycles. The number of halogens is 2. The summed E-state index contributed by atoms with van der Waals surface area (Å²) in [5, 5.41) is 5.47. The molecule has 0 fully saturated rings. The maximum absolute atomic E-state index is 14.1. The van der Waals surface area contributed by atoms with Crippen LogP contribution < -0.4 is 5.32 Å². The minimum absolute atomic E-state index is 0.0486. The minimum atomic E-state index is -0.521. The number of rotatable bonds is 5. The molecule has 3 rings (SSSR count). The maximum Gasteiger partial charge on any atom is 0.149 e. The Morgan fingerprint density at radius 3 is 2.65 bits per heavy atom. The van der Waals surface area contributed by atoms with Gasteiger partial charge in [0.15, 0.2) is 0 Å². The molecule has 1 unspecified atom stereocenters. The highest BCUT2D eigenvalue weighted by Gasteiger charge is 2.17. The van der Waals surface area contributed by atoms with Crippen molar-refractivity contribution in [2.24, 2.45) is 0 Å². The second-order valence-corrected chi connectivity index (χ2v) is 6.47. The van der Waals surface area contributed by atoms with Crippen molar-refractivity contribution in [3.8, 4) is 0 Å². The summed E-state index contributed by atoms with van der Waals surface area (Å²) >= 11 is 1.68. The largest absolute Gasteiger partial charge is 0.382 e. The molecule has 120 valence electrons. The molecule has 1 aromatic carbocycles. The van der Waals surface area contributed by atoms with E-state index in [0.717, 1.165) is 12.1 Å². The summed E-state index contributed by atoms with van der Waals surface area (Å²) in [4.78, 5) is 7.26. The Kier molecular flexibility index (Phi) is 4.54. The Morgan fingerprint density at radius 1 is 1.17 bits per heavy atom. The molecule has 0 saturated heterocycles. The van der Waals surface area contributed by atoms with Gasteiger partial charge in [0.25, 0.3) is 0 Å². The molecule has 0 aliphatic heterocycles. The summed E-state index contributed by atoms with van der Waals surface area (Å²) in [7, 11) is 3.99. The van der Waals surface area contributed by atoms with E-state index in [-0.39, 0.29) is 16.9 Å². The van der Waals surface area contributed by atoms with Crippen LogP contribution in [0.3, 0.4) is 0 Å². The first kappa shape index (κ1) is 15.8. The first-order chi connectivity index (χ1) is 11.1. The van der Waals surface area contributed by atoms with Crippen LogP contribution in [-0.2, 0) is 0 Å². The maximum atomic E-state index is 14.1. The number of pyridine rings is 1. The molecule has 1 N–H and O–H groups in total. The van der Waals surface area contributed by atoms with E-state index in [1.807, 2.05) is 25.5 Å². The fraction of sp³-hybridized carbons (Fsp3) is 0.235. The lowest BCUT2D eigenvalue weighted by molar-refractivity contribution is 0.316. The van der Waals surface area contributed by atoms with Gasteiger partial charge in [-0.2, -0.15) is 0 Å². The lowest BCUT2D eigenvalue weighted by atomic mass is 10.1. The SMILES string of the molecule is CN(C)C(CNc1ccnc2c(F)ccc(F)c12)c1cccs1. The summed E-state index contributed by atoms with van der Waals surface area (Å²) in [6, 6.07) is 8.13. The molecular formula is C17H17F2N3S. The zero-order chi connectivity index (χ0) is 16.4. The van der Waals surface area contributed by atoms with Crippen molar-refractivity contribution in [1.82, 2.24) is 9.88 Å². The molecule has 0 amide bonds. The molecule has 1 atom stereocenters. The second kappa shape index (κ2) is 6.60. The van der Waals surface area contributed by atoms with Gasteiger partial charge in [-0.3, -0.25) is 4.98 Å². The topological polar surface area (TPSA) is 28.2 Å². The third kappa shape index (κ3) is 3.18. The Balaban J connectivity index is 1.91. The van der Waals surface area contributed by atoms with Gasteiger partial charge < -0.3 is 10.2 Å². The van der Waals surface area contributed by atoms with Crippen LogP contribution in [0.1, 0.15) is 10.9 Å². The summed E-state index contributed by atoms with van der Waals surface area (Å²) in [6.07, 6.45) is 1.49. The summed E-state index contributed by atoms with van der Waals surface area (Å²) in [5.74, 6) is -0.998. The molecule has 0 saturated carbocycles. The Labute approximate surface area is 137 Å². The third-order valence-corrected chi connectivity index (χ3v) is 4.75. The van der Waals surface area contributed by atoms with Crippen molar-refractivity contribution in [1.29, 1.82) is 0 Å². The Hall–Kier alpha value is -2.05. The molecule has 3 aromatic rings. The van der Waals surface area contributed by atoms with E-state index in [1.54, 1.807) is 17.4 Å². The van der Waals surface area contributed by atoms with Gasteiger partial charge in [0.2, 0.25) is 0 Å². The Bertz CT molecular complexity index is 803. The van der Waals surface area contributed by atoms with Gasteiger partial charge >= 0.3 is 0 Å². The smallest absolute Gasteiger partial charge is 0.149 e. The lowest BCUT2D eigenvalue weighted by Gasteiger charge is -2.24. The minimum Gasteiger partial charge on any atom is -0.382 e. The molecule has 2 heterocycles. The molecule has 0 bridgehead atoms. The standard InChI is InChI=1S/C17H17F2N3S/c1-22(2)14(15-4-3-9-23-15)10-21-13-7-8-20-17-12(19)6-5-11(18)16(13)17/h3-9,14H,10H2,1-2H3,(H,20,21). The number of benzene rings is 1. The first-order valence-corrected chi connectivity index (χ1v) is 8.12. The van der Waals surface area contributed by atoms with Gasteiger partial charge in [0, 0.05) is 23.3 Å². The summed E-state index contributed by atoms with van der Waals surface area (Å²) in [5.41, 5.74) is 0.600. The van der Waals surface area contributed by atoms with E-state index in [9.17, 15) is 8.78 Å². The zero-order valence-electron chi connectivity index (χ0n) is 12.9. The number of nitrogens with one attached hydrogen (secondary N) is 1. The average Bonchev–Trinajstić information content (AvgIpc) is 3.05. The van der Waals surface area contributed by atoms with Crippen LogP contribution in [0.25, 0.3) is 10.9 Å². The normalized spacial score (nSPS) is 12.7. The highest BCUT2D eigenvalue weighted by molar-refractivity contribution is 7.10. The van der Waals surface area contributed by atoms with Crippen LogP contribution in [0.15, 0.2) is 41.9 Å². The van der Waals surface area contributed by atoms with Gasteiger partial charge in [-0.15, -0.1) is 11.3 Å². The summed E-state index contributed by atoms with van der Waals surface area (Å²) in [6.45, 7) is 0.586. The van der Waals surface area contributed by atoms with E-state index in [0.29, 0.717) is 12.2 Å². The van der Waals surface area contributed by atoms with Crippen LogP contribution in [0.4, 0.5) is 14.5 Å². The van der Waals surface area contributed by atoms with Crippen molar-refractivity contribution >= 4 is 27.9 Å². The Morgan fingerprint density at radius 2 is 1.96 bits per heavy atom. The van der Waals surface area contributed by atoms with Gasteiger partial charge in [-0.05, 0) is 43.7 Å². The molecule has 0 radical (unpaired) electrons. The van der Waals surface area contributed by atoms with Crippen molar-refractivity contribution in [3.63, 3.8) is 0 Å². The number of fused-ring (bicyclic) bond motifs is 1. The molecule has 23 heavy (non-hydrogen) atoms. The molecule has 0 spiro atoms. The number of hydrogen-bond donors (Lipinski definition) is 1. The molecule has 2 aromatic heterocycles. The predicted molar refractivity (Wildman–Crippen MR) is 90.9 cm³/mol. The highest BCUT2D eigenvalue weighted by Crippen LogP contribution is 2.28. The second-order valence-electron chi connectivity index (χ2n) is 5.49. The monoisotopic (exact) mass is 333 g/mol. The van der Waals surface area contributed by atoms with E-state index in [4.69, 9.17) is 0 Å². The number of nitrogens with zero attached hydrogens (tertiary/aromatic N) is 2. The van der Waals surface area contributed by atoms with Gasteiger partial charge in [-0.25, -0.2) is 8.78 Å². The van der Waals surface area contributed by atoms with Crippen molar-refractivity contribution in [3.05, 3.63) is 58.4 Å². The fourth-order valence-electron chi connectivity index (χ4n) is 2.57. The van der Waals surface area contributed by atoms with Gasteiger partial charge in [0.05, 0.1) is 11.4 Å². The number of anilines is 1.